The van der Waals surface area contributed by atoms with Gasteiger partial charge in [0.1, 0.15) is 68.5 Å². The molecular formula is C39H60O22. The Kier molecular flexibility index (Phi) is 16.5. The number of rotatable bonds is 13. The molecule has 22 nitrogen and oxygen atoms in total. The fourth-order valence-corrected chi connectivity index (χ4v) is 9.33. The van der Waals surface area contributed by atoms with Gasteiger partial charge in [0.25, 0.3) is 0 Å². The largest absolute Gasteiger partial charge is 0.481 e. The lowest BCUT2D eigenvalue weighted by Gasteiger charge is -2.52. The van der Waals surface area contributed by atoms with E-state index in [1.807, 2.05) is 0 Å². The summed E-state index contributed by atoms with van der Waals surface area (Å²) in [6.45, 7) is -1.27. The molecule has 22 heteroatoms. The van der Waals surface area contributed by atoms with Crippen LogP contribution in [0.5, 0.6) is 0 Å². The van der Waals surface area contributed by atoms with Gasteiger partial charge in [0.15, 0.2) is 12.6 Å². The van der Waals surface area contributed by atoms with Crippen molar-refractivity contribution < 1.29 is 109 Å². The first kappa shape index (κ1) is 48.0. The fourth-order valence-electron chi connectivity index (χ4n) is 9.33. The lowest BCUT2D eigenvalue weighted by atomic mass is 9.72. The molecule has 22 atom stereocenters. The van der Waals surface area contributed by atoms with E-state index in [0.717, 1.165) is 6.08 Å². The van der Waals surface area contributed by atoms with Gasteiger partial charge in [-0.05, 0) is 63.2 Å². The van der Waals surface area contributed by atoms with Crippen LogP contribution in [0.3, 0.4) is 0 Å². The lowest BCUT2D eigenvalue weighted by Crippen LogP contribution is -2.63. The zero-order valence-corrected chi connectivity index (χ0v) is 33.3. The number of carbonyl (C=O) groups excluding carboxylic acids is 2. The molecule has 61 heavy (non-hydrogen) atoms. The summed E-state index contributed by atoms with van der Waals surface area (Å²) in [5.41, 5.74) is 0. The summed E-state index contributed by atoms with van der Waals surface area (Å²) in [4.78, 5) is 35.4. The smallest absolute Gasteiger partial charge is 0.330 e. The van der Waals surface area contributed by atoms with Crippen LogP contribution in [0.1, 0.15) is 64.2 Å². The number of hydrogen-bond donors (Lipinski definition) is 12. The fraction of sp³-hybridized carbons (Fsp3) is 0.872. The van der Waals surface area contributed by atoms with E-state index in [1.54, 1.807) is 6.08 Å². The third kappa shape index (κ3) is 11.8. The van der Waals surface area contributed by atoms with Crippen molar-refractivity contribution in [1.29, 1.82) is 0 Å². The van der Waals surface area contributed by atoms with Crippen molar-refractivity contribution in [2.45, 2.75) is 181 Å². The molecule has 12 N–H and O–H groups in total. The van der Waals surface area contributed by atoms with Crippen molar-refractivity contribution in [3.8, 4) is 0 Å². The van der Waals surface area contributed by atoms with Gasteiger partial charge in [0, 0.05) is 18.4 Å². The predicted octanol–water partition coefficient (Wildman–Crippen LogP) is -4.54. The number of esters is 2. The molecule has 3 aliphatic heterocycles. The van der Waals surface area contributed by atoms with Crippen molar-refractivity contribution in [2.75, 3.05) is 13.2 Å². The molecule has 3 saturated carbocycles. The van der Waals surface area contributed by atoms with Crippen molar-refractivity contribution in [2.24, 2.45) is 17.8 Å². The van der Waals surface area contributed by atoms with E-state index in [9.17, 15) is 70.6 Å². The highest BCUT2D eigenvalue weighted by Gasteiger charge is 2.54. The average Bonchev–Trinajstić information content (AvgIpc) is 3.21. The van der Waals surface area contributed by atoms with Crippen LogP contribution in [0, 0.1) is 17.8 Å². The van der Waals surface area contributed by atoms with E-state index < -0.39 is 166 Å². The molecule has 3 saturated heterocycles. The van der Waals surface area contributed by atoms with Gasteiger partial charge >= 0.3 is 17.9 Å². The standard InChI is InChI=1S/C39H60O22/c40-17-9-23-18(24(10-17)58-38-35(53)33(51)32(50)27(60-38)14-56-30(48)12-28(45)46)11-25(37(57-23)16-3-5-20(42)22(44)8-16)59-39-36(54)34(52)31(49)26(61-39)13-55-29(47)6-2-15-1-4-19(41)21(43)7-15/h2,6,15-27,31-44,49-54H,1,3-5,7-14H2,(H,45,46). The molecule has 0 aromatic heterocycles. The van der Waals surface area contributed by atoms with Gasteiger partial charge in [-0.1, -0.05) is 6.08 Å². The Morgan fingerprint density at radius 2 is 1.15 bits per heavy atom. The van der Waals surface area contributed by atoms with Gasteiger partial charge in [-0.3, -0.25) is 9.59 Å². The van der Waals surface area contributed by atoms with Crippen LogP contribution in [0.15, 0.2) is 12.2 Å². The molecule has 22 unspecified atom stereocenters. The monoisotopic (exact) mass is 880 g/mol. The molecule has 0 radical (unpaired) electrons. The van der Waals surface area contributed by atoms with Crippen LogP contribution in [0.4, 0.5) is 0 Å². The van der Waals surface area contributed by atoms with E-state index in [4.69, 9.17) is 38.3 Å². The Morgan fingerprint density at radius 1 is 0.574 bits per heavy atom. The summed E-state index contributed by atoms with van der Waals surface area (Å²) < 4.78 is 40.9. The summed E-state index contributed by atoms with van der Waals surface area (Å²) in [6.07, 6.45) is -21.8. The van der Waals surface area contributed by atoms with Crippen molar-refractivity contribution >= 4 is 17.9 Å². The Balaban J connectivity index is 1.16. The maximum atomic E-state index is 12.6. The van der Waals surface area contributed by atoms with Gasteiger partial charge in [-0.15, -0.1) is 0 Å². The molecule has 348 valence electrons. The predicted molar refractivity (Wildman–Crippen MR) is 197 cm³/mol. The number of fused-ring (bicyclic) bond motifs is 1. The summed E-state index contributed by atoms with van der Waals surface area (Å²) in [5, 5.41) is 125. The molecule has 3 aliphatic carbocycles. The number of ether oxygens (including phenoxy) is 7. The minimum atomic E-state index is -1.86. The lowest BCUT2D eigenvalue weighted by molar-refractivity contribution is -0.344. The Morgan fingerprint density at radius 3 is 1.74 bits per heavy atom. The number of carboxylic acids is 1. The first-order chi connectivity index (χ1) is 28.9. The third-order valence-corrected chi connectivity index (χ3v) is 12.8. The van der Waals surface area contributed by atoms with E-state index in [1.165, 1.54) is 0 Å². The Bertz CT molecular complexity index is 1500. The third-order valence-electron chi connectivity index (χ3n) is 12.8. The maximum Gasteiger partial charge on any atom is 0.330 e. The molecule has 0 spiro atoms. The van der Waals surface area contributed by atoms with Crippen LogP contribution < -0.4 is 0 Å². The number of carbonyl (C=O) groups is 3. The molecule has 0 bridgehead atoms. The normalized spacial score (nSPS) is 47.0. The van der Waals surface area contributed by atoms with Crippen LogP contribution in [0.25, 0.3) is 0 Å². The number of aliphatic hydroxyl groups is 11. The maximum absolute atomic E-state index is 12.6. The zero-order chi connectivity index (χ0) is 44.3. The molecule has 3 heterocycles. The van der Waals surface area contributed by atoms with E-state index in [2.05, 4.69) is 0 Å². The molecule has 0 aromatic carbocycles. The first-order valence-electron chi connectivity index (χ1n) is 20.9. The highest BCUT2D eigenvalue weighted by Crippen LogP contribution is 2.45. The minimum Gasteiger partial charge on any atom is -0.481 e. The summed E-state index contributed by atoms with van der Waals surface area (Å²) in [6, 6.07) is 0. The molecule has 0 amide bonds. The van der Waals surface area contributed by atoms with Crippen molar-refractivity contribution in [3.05, 3.63) is 12.2 Å². The van der Waals surface area contributed by atoms with Gasteiger partial charge in [-0.25, -0.2) is 4.79 Å². The van der Waals surface area contributed by atoms with Crippen LogP contribution in [-0.4, -0.2) is 209 Å². The number of aliphatic hydroxyl groups excluding tert-OH is 11. The van der Waals surface area contributed by atoms with Gasteiger partial charge in [0.05, 0.1) is 54.9 Å². The summed E-state index contributed by atoms with van der Waals surface area (Å²) in [7, 11) is 0. The zero-order valence-electron chi connectivity index (χ0n) is 33.3. The highest BCUT2D eigenvalue weighted by molar-refractivity contribution is 5.90. The summed E-state index contributed by atoms with van der Waals surface area (Å²) >= 11 is 0. The first-order valence-corrected chi connectivity index (χ1v) is 20.9. The van der Waals surface area contributed by atoms with Gasteiger partial charge in [0.2, 0.25) is 0 Å². The quantitative estimate of drug-likeness (QED) is 0.0471. The van der Waals surface area contributed by atoms with E-state index >= 15 is 0 Å². The topological polar surface area (TPSA) is 359 Å². The van der Waals surface area contributed by atoms with E-state index in [0.29, 0.717) is 19.3 Å². The van der Waals surface area contributed by atoms with E-state index in [-0.39, 0.29) is 44.4 Å². The SMILES string of the molecule is O=C(O)CC(=O)OCC1OC(OC2CC(O)CC3OC(C4CCC(O)C(O)C4)C(OC4OC(COC(=O)C=CC5CCC(O)C(O)C5)C(O)C(O)C4O)CC23)C(O)C(O)C1O. The summed E-state index contributed by atoms with van der Waals surface area (Å²) in [5.74, 6) is -4.70. The molecule has 6 rings (SSSR count). The minimum absolute atomic E-state index is 0.0433. The van der Waals surface area contributed by atoms with Crippen molar-refractivity contribution in [3.63, 3.8) is 0 Å². The van der Waals surface area contributed by atoms with Crippen molar-refractivity contribution in [1.82, 2.24) is 0 Å². The highest BCUT2D eigenvalue weighted by atomic mass is 16.7. The second kappa shape index (κ2) is 21.0. The second-order valence-electron chi connectivity index (χ2n) is 17.2. The number of allylic oxidation sites excluding steroid dienone is 1. The van der Waals surface area contributed by atoms with Crippen LogP contribution in [-0.2, 0) is 47.5 Å². The average molecular weight is 881 g/mol. The molecule has 6 aliphatic rings. The number of carboxylic acid groups (broad SMARTS) is 1. The number of hydrogen-bond acceptors (Lipinski definition) is 21. The van der Waals surface area contributed by atoms with Gasteiger partial charge in [-0.2, -0.15) is 0 Å². The number of aliphatic carboxylic acids is 1. The van der Waals surface area contributed by atoms with Crippen LogP contribution >= 0.6 is 0 Å². The molecule has 0 aromatic rings. The molecule has 6 fully saturated rings. The Labute approximate surface area is 350 Å². The molecular weight excluding hydrogens is 820 g/mol. The van der Waals surface area contributed by atoms with Crippen LogP contribution in [0.2, 0.25) is 0 Å². The Hall–Kier alpha value is -2.49. The second-order valence-corrected chi connectivity index (χ2v) is 17.2. The van der Waals surface area contributed by atoms with Gasteiger partial charge < -0.3 is 94.4 Å².